The number of carbonyl (C=O) groups is 1. The molecule has 22 heavy (non-hydrogen) atoms. The number of rotatable bonds is 6. The molecule has 0 aliphatic carbocycles. The Morgan fingerprint density at radius 1 is 1.32 bits per heavy atom. The van der Waals surface area contributed by atoms with Gasteiger partial charge in [0.2, 0.25) is 5.91 Å². The van der Waals surface area contributed by atoms with Gasteiger partial charge < -0.3 is 15.6 Å². The summed E-state index contributed by atoms with van der Waals surface area (Å²) in [6.45, 7) is 2.89. The van der Waals surface area contributed by atoms with Gasteiger partial charge in [0.1, 0.15) is 0 Å². The predicted octanol–water partition coefficient (Wildman–Crippen LogP) is 2.64. The molecule has 4 nitrogen and oxygen atoms in total. The lowest BCUT2D eigenvalue weighted by molar-refractivity contribution is -0.121. The number of aromatic nitrogens is 1. The molecule has 2 aromatic rings. The van der Waals surface area contributed by atoms with Crippen LogP contribution in [0.4, 0.5) is 0 Å². The smallest absolute Gasteiger partial charge is 0.220 e. The molecule has 120 valence electrons. The monoisotopic (exact) mass is 321 g/mol. The molecule has 0 spiro atoms. The molecule has 3 N–H and O–H groups in total. The summed E-state index contributed by atoms with van der Waals surface area (Å²) in [5, 5.41) is 7.63. The maximum Gasteiger partial charge on any atom is 0.220 e. The second-order valence-electron chi connectivity index (χ2n) is 5.86. The van der Waals surface area contributed by atoms with Crippen LogP contribution in [0.15, 0.2) is 30.5 Å². The first-order valence-corrected chi connectivity index (χ1v) is 7.85. The van der Waals surface area contributed by atoms with Crippen LogP contribution >= 0.6 is 12.4 Å². The van der Waals surface area contributed by atoms with Gasteiger partial charge in [-0.05, 0) is 49.9 Å². The molecule has 0 radical (unpaired) electrons. The number of H-pyrrole nitrogens is 1. The summed E-state index contributed by atoms with van der Waals surface area (Å²) >= 11 is 0. The Balaban J connectivity index is 0.00000176. The molecule has 1 unspecified atom stereocenters. The fourth-order valence-corrected chi connectivity index (χ4v) is 3.06. The summed E-state index contributed by atoms with van der Waals surface area (Å²) in [6.07, 6.45) is 5.79. The highest BCUT2D eigenvalue weighted by Gasteiger charge is 2.15. The Kier molecular flexibility index (Phi) is 6.28. The van der Waals surface area contributed by atoms with Crippen molar-refractivity contribution in [3.63, 3.8) is 0 Å². The summed E-state index contributed by atoms with van der Waals surface area (Å²) in [4.78, 5) is 15.1. The number of benzene rings is 1. The van der Waals surface area contributed by atoms with Crippen LogP contribution in [0, 0.1) is 5.92 Å². The molecule has 5 heteroatoms. The maximum absolute atomic E-state index is 11.9. The normalized spacial score (nSPS) is 17.4. The van der Waals surface area contributed by atoms with E-state index < -0.39 is 0 Å². The van der Waals surface area contributed by atoms with E-state index in [0.29, 0.717) is 18.9 Å². The quantitative estimate of drug-likeness (QED) is 0.766. The Labute approximate surface area is 137 Å². The first-order chi connectivity index (χ1) is 10.3. The zero-order chi connectivity index (χ0) is 14.5. The van der Waals surface area contributed by atoms with Gasteiger partial charge in [-0.1, -0.05) is 18.2 Å². The van der Waals surface area contributed by atoms with Crippen LogP contribution in [0.2, 0.25) is 0 Å². The van der Waals surface area contributed by atoms with Crippen molar-refractivity contribution in [2.45, 2.75) is 25.7 Å². The molecular weight excluding hydrogens is 298 g/mol. The van der Waals surface area contributed by atoms with Gasteiger partial charge >= 0.3 is 0 Å². The van der Waals surface area contributed by atoms with Crippen LogP contribution in [-0.4, -0.2) is 30.5 Å². The zero-order valence-electron chi connectivity index (χ0n) is 12.7. The number of aromatic amines is 1. The molecule has 0 bridgehead atoms. The third-order valence-corrected chi connectivity index (χ3v) is 4.33. The minimum Gasteiger partial charge on any atom is -0.361 e. The Morgan fingerprint density at radius 3 is 3.00 bits per heavy atom. The predicted molar refractivity (Wildman–Crippen MR) is 92.5 cm³/mol. The van der Waals surface area contributed by atoms with Crippen molar-refractivity contribution in [3.05, 3.63) is 36.0 Å². The maximum atomic E-state index is 11.9. The van der Waals surface area contributed by atoms with E-state index in [9.17, 15) is 4.79 Å². The minimum atomic E-state index is 0. The van der Waals surface area contributed by atoms with E-state index in [2.05, 4.69) is 27.8 Å². The highest BCUT2D eigenvalue weighted by molar-refractivity contribution is 5.85. The Bertz CT molecular complexity index is 605. The molecule has 2 heterocycles. The second kappa shape index (κ2) is 8.20. The van der Waals surface area contributed by atoms with E-state index >= 15 is 0 Å². The third kappa shape index (κ3) is 4.24. The van der Waals surface area contributed by atoms with Crippen molar-refractivity contribution in [1.82, 2.24) is 15.6 Å². The highest BCUT2D eigenvalue weighted by Crippen LogP contribution is 2.18. The summed E-state index contributed by atoms with van der Waals surface area (Å²) < 4.78 is 0. The fraction of sp³-hybridized carbons (Fsp3) is 0.471. The van der Waals surface area contributed by atoms with Crippen LogP contribution in [0.5, 0.6) is 0 Å². The standard InChI is InChI=1S/C17H23N3O.ClH/c21-17(6-5-13-7-9-18-11-13)19-10-8-14-12-20-16-4-2-1-3-15(14)16;/h1-4,12-13,18,20H,5-11H2,(H,19,21);1H. The lowest BCUT2D eigenvalue weighted by Crippen LogP contribution is -2.26. The van der Waals surface area contributed by atoms with Gasteiger partial charge in [0.25, 0.3) is 0 Å². The van der Waals surface area contributed by atoms with Gasteiger partial charge in [-0.3, -0.25) is 4.79 Å². The van der Waals surface area contributed by atoms with Crippen molar-refractivity contribution in [1.29, 1.82) is 0 Å². The van der Waals surface area contributed by atoms with E-state index in [4.69, 9.17) is 0 Å². The molecule has 1 aliphatic rings. The van der Waals surface area contributed by atoms with Gasteiger partial charge in [0.15, 0.2) is 0 Å². The topological polar surface area (TPSA) is 56.9 Å². The van der Waals surface area contributed by atoms with Gasteiger partial charge in [-0.2, -0.15) is 0 Å². The van der Waals surface area contributed by atoms with Gasteiger partial charge in [-0.25, -0.2) is 0 Å². The third-order valence-electron chi connectivity index (χ3n) is 4.33. The molecular formula is C17H24ClN3O. The molecule has 3 rings (SSSR count). The van der Waals surface area contributed by atoms with Crippen LogP contribution < -0.4 is 10.6 Å². The van der Waals surface area contributed by atoms with Crippen molar-refractivity contribution in [2.75, 3.05) is 19.6 Å². The number of amides is 1. The van der Waals surface area contributed by atoms with E-state index in [-0.39, 0.29) is 18.3 Å². The summed E-state index contributed by atoms with van der Waals surface area (Å²) in [7, 11) is 0. The van der Waals surface area contributed by atoms with E-state index in [1.54, 1.807) is 0 Å². The summed E-state index contributed by atoms with van der Waals surface area (Å²) in [5.41, 5.74) is 2.43. The number of para-hydroxylation sites is 1. The van der Waals surface area contributed by atoms with Crippen molar-refractivity contribution < 1.29 is 4.79 Å². The molecule has 1 amide bonds. The van der Waals surface area contributed by atoms with Crippen molar-refractivity contribution >= 4 is 29.2 Å². The summed E-state index contributed by atoms with van der Waals surface area (Å²) in [5.74, 6) is 0.867. The average Bonchev–Trinajstić information content (AvgIpc) is 3.15. The Morgan fingerprint density at radius 2 is 2.18 bits per heavy atom. The van der Waals surface area contributed by atoms with E-state index in [0.717, 1.165) is 31.4 Å². The van der Waals surface area contributed by atoms with Crippen LogP contribution in [0.25, 0.3) is 10.9 Å². The SMILES string of the molecule is Cl.O=C(CCC1CCNC1)NCCc1c[nH]c2ccccc12. The number of hydrogen-bond donors (Lipinski definition) is 3. The number of carbonyl (C=O) groups excluding carboxylic acids is 1. The molecule has 0 saturated carbocycles. The van der Waals surface area contributed by atoms with Gasteiger partial charge in [0.05, 0.1) is 0 Å². The van der Waals surface area contributed by atoms with E-state index in [1.807, 2.05) is 18.3 Å². The van der Waals surface area contributed by atoms with Gasteiger partial charge in [-0.15, -0.1) is 12.4 Å². The molecule has 1 saturated heterocycles. The average molecular weight is 322 g/mol. The number of nitrogens with one attached hydrogen (secondary N) is 3. The first kappa shape index (κ1) is 16.8. The minimum absolute atomic E-state index is 0. The number of hydrogen-bond acceptors (Lipinski definition) is 2. The molecule has 1 atom stereocenters. The highest BCUT2D eigenvalue weighted by atomic mass is 35.5. The van der Waals surface area contributed by atoms with Crippen LogP contribution in [0.3, 0.4) is 0 Å². The summed E-state index contributed by atoms with van der Waals surface area (Å²) in [6, 6.07) is 8.28. The van der Waals surface area contributed by atoms with E-state index in [1.165, 1.54) is 17.4 Å². The Hall–Kier alpha value is -1.52. The molecule has 1 aliphatic heterocycles. The zero-order valence-corrected chi connectivity index (χ0v) is 13.5. The molecule has 1 fully saturated rings. The van der Waals surface area contributed by atoms with Crippen molar-refractivity contribution in [2.24, 2.45) is 5.92 Å². The number of halogens is 1. The second-order valence-corrected chi connectivity index (χ2v) is 5.86. The molecule has 1 aromatic heterocycles. The number of fused-ring (bicyclic) bond motifs is 1. The largest absolute Gasteiger partial charge is 0.361 e. The lowest BCUT2D eigenvalue weighted by atomic mass is 10.0. The fourth-order valence-electron chi connectivity index (χ4n) is 3.06. The molecule has 1 aromatic carbocycles. The van der Waals surface area contributed by atoms with Crippen molar-refractivity contribution in [3.8, 4) is 0 Å². The van der Waals surface area contributed by atoms with Crippen LogP contribution in [0.1, 0.15) is 24.8 Å². The lowest BCUT2D eigenvalue weighted by Gasteiger charge is -2.08. The van der Waals surface area contributed by atoms with Crippen LogP contribution in [-0.2, 0) is 11.2 Å². The first-order valence-electron chi connectivity index (χ1n) is 7.85. The van der Waals surface area contributed by atoms with Gasteiger partial charge in [0, 0.05) is 30.1 Å².